The summed E-state index contributed by atoms with van der Waals surface area (Å²) in [6.07, 6.45) is 17.1. The summed E-state index contributed by atoms with van der Waals surface area (Å²) in [4.78, 5) is 17.0. The molecular weight excluding hydrogens is 982 g/mol. The van der Waals surface area contributed by atoms with E-state index >= 15 is 0 Å². The number of Topliss-reactive ketones (excluding diaryl/α,β-unsaturated/α-hetero) is 1. The molecule has 6 rings (SSSR count). The van der Waals surface area contributed by atoms with Gasteiger partial charge in [-0.25, -0.2) is 0 Å². The van der Waals surface area contributed by atoms with Gasteiger partial charge in [0.05, 0.1) is 16.9 Å². The van der Waals surface area contributed by atoms with Crippen molar-refractivity contribution in [2.45, 2.75) is 137 Å². The van der Waals surface area contributed by atoms with Gasteiger partial charge in [0, 0.05) is 83.1 Å². The molecule has 71 heavy (non-hydrogen) atoms. The summed E-state index contributed by atoms with van der Waals surface area (Å²) < 4.78 is 93.7. The SMILES string of the molecule is CCCCN(CCCS(=O)(=O)O)c1ccc2c(c1)C(C)(C)C(=CC=C1CCCC(C=CC3=[N+](CCCCCC(=O)C(C)(C)C)c4ccc5ccccc5c4C3(C)C)=C1Cl)N2CCCS(=O)(=O)O.O=S(=O)=O. The second-order valence-corrected chi connectivity index (χ2v) is 24.8. The van der Waals surface area contributed by atoms with Gasteiger partial charge < -0.3 is 9.80 Å². The number of allylic oxidation sites excluding steroid dienone is 8. The molecule has 2 N–H and O–H groups in total. The van der Waals surface area contributed by atoms with Crippen LogP contribution in [0.2, 0.25) is 0 Å². The minimum atomic E-state index is -4.16. The molecule has 0 atom stereocenters. The highest BCUT2D eigenvalue weighted by Gasteiger charge is 2.45. The lowest BCUT2D eigenvalue weighted by molar-refractivity contribution is -0.438. The van der Waals surface area contributed by atoms with Gasteiger partial charge in [0.1, 0.15) is 12.3 Å². The largest absolute Gasteiger partial charge is 0.425 e. The van der Waals surface area contributed by atoms with Crippen LogP contribution in [0.25, 0.3) is 10.8 Å². The number of anilines is 2. The molecule has 17 heteroatoms. The first-order valence-electron chi connectivity index (χ1n) is 24.7. The predicted octanol–water partition coefficient (Wildman–Crippen LogP) is 11.4. The summed E-state index contributed by atoms with van der Waals surface area (Å²) >= 11 is 7.38. The summed E-state index contributed by atoms with van der Waals surface area (Å²) in [5.41, 5.74) is 8.70. The molecule has 0 bridgehead atoms. The Balaban J connectivity index is 0.00000226. The zero-order chi connectivity index (χ0) is 52.5. The number of hydrogen-bond acceptors (Lipinski definition) is 10. The van der Waals surface area contributed by atoms with Gasteiger partial charge in [0.25, 0.3) is 20.2 Å². The van der Waals surface area contributed by atoms with Crippen molar-refractivity contribution < 1.29 is 47.9 Å². The van der Waals surface area contributed by atoms with E-state index in [4.69, 9.17) is 24.2 Å². The first kappa shape index (κ1) is 57.5. The number of rotatable bonds is 21. The van der Waals surface area contributed by atoms with Gasteiger partial charge in [0.2, 0.25) is 5.69 Å². The molecule has 0 saturated heterocycles. The smallest absolute Gasteiger partial charge is 0.371 e. The fourth-order valence-corrected chi connectivity index (χ4v) is 11.4. The van der Waals surface area contributed by atoms with E-state index in [1.54, 1.807) is 0 Å². The molecule has 1 aliphatic carbocycles. The van der Waals surface area contributed by atoms with Gasteiger partial charge >= 0.3 is 10.6 Å². The maximum Gasteiger partial charge on any atom is 0.425 e. The van der Waals surface area contributed by atoms with Crippen molar-refractivity contribution >= 4 is 81.8 Å². The van der Waals surface area contributed by atoms with Crippen molar-refractivity contribution in [3.8, 4) is 0 Å². The molecule has 13 nitrogen and oxygen atoms in total. The third kappa shape index (κ3) is 15.1. The second-order valence-electron chi connectivity index (χ2n) is 20.9. The molecule has 0 radical (unpaired) electrons. The zero-order valence-corrected chi connectivity index (χ0v) is 45.8. The van der Waals surface area contributed by atoms with Crippen molar-refractivity contribution in [3.05, 3.63) is 112 Å². The summed E-state index contributed by atoms with van der Waals surface area (Å²) in [6.45, 7) is 19.4. The molecule has 0 unspecified atom stereocenters. The van der Waals surface area contributed by atoms with E-state index in [1.165, 1.54) is 27.7 Å². The number of halogens is 1. The summed E-state index contributed by atoms with van der Waals surface area (Å²) in [5.74, 6) is -0.363. The Kier molecular flexibility index (Phi) is 19.5. The average Bonchev–Trinajstić information content (AvgIpc) is 3.62. The van der Waals surface area contributed by atoms with Gasteiger partial charge in [-0.3, -0.25) is 13.9 Å². The number of benzene rings is 3. The number of nitrogens with zero attached hydrogens (tertiary/aromatic N) is 3. The van der Waals surface area contributed by atoms with Gasteiger partial charge in [-0.15, -0.1) is 12.6 Å². The number of carbonyl (C=O) groups is 1. The molecule has 2 aliphatic heterocycles. The zero-order valence-electron chi connectivity index (χ0n) is 42.6. The van der Waals surface area contributed by atoms with Gasteiger partial charge in [-0.05, 0) is 123 Å². The first-order chi connectivity index (χ1) is 33.2. The molecular formula is C54H73ClN3O10S3+. The lowest BCUT2D eigenvalue weighted by Crippen LogP contribution is -2.28. The standard InChI is InChI=1S/C54H72ClN3O7S2.O3S/c1-9-10-32-56(33-17-36-66(60,61)62)42-27-29-45-44(38-42)53(5,6)47(57(45)35-18-37-67(63,64)65)30-25-40-20-16-21-41(51(40)55)26-31-48-54(7,8)50-43-22-14-13-19-39(43)24-28-46(50)58(48)34-15-11-12-23-49(59)52(2,3)4;1-4(2)3/h13-14,19,22,24-31,38H,9-12,15-18,20-21,23,32-37H2,1-8H3,(H-,60,61,62,63,64,65);/p+1. The quantitative estimate of drug-likeness (QED) is 0.0585. The lowest BCUT2D eigenvalue weighted by atomic mass is 9.79. The molecule has 3 aromatic rings. The van der Waals surface area contributed by atoms with E-state index in [1.807, 2.05) is 32.9 Å². The van der Waals surface area contributed by atoms with Crippen LogP contribution in [0.5, 0.6) is 0 Å². The van der Waals surface area contributed by atoms with E-state index in [-0.39, 0.29) is 35.2 Å². The first-order valence-corrected chi connectivity index (χ1v) is 29.3. The molecule has 0 saturated carbocycles. The maximum atomic E-state index is 12.7. The molecule has 0 amide bonds. The Hall–Kier alpha value is -4.45. The normalized spacial score (nSPS) is 17.8. The minimum Gasteiger partial charge on any atom is -0.371 e. The van der Waals surface area contributed by atoms with Crippen LogP contribution in [0.15, 0.2) is 101 Å². The third-order valence-corrected chi connectivity index (χ3v) is 15.9. The highest BCUT2D eigenvalue weighted by molar-refractivity contribution is 7.86. The Morgan fingerprint density at radius 3 is 2.15 bits per heavy atom. The van der Waals surface area contributed by atoms with Crippen LogP contribution in [-0.4, -0.2) is 92.3 Å². The topological polar surface area (TPSA) is 187 Å². The number of carbonyl (C=O) groups excluding carboxylic acids is 1. The Labute approximate surface area is 429 Å². The van der Waals surface area contributed by atoms with Crippen LogP contribution in [-0.2, 0) is 46.5 Å². The van der Waals surface area contributed by atoms with Crippen LogP contribution in [0.4, 0.5) is 17.1 Å². The van der Waals surface area contributed by atoms with Crippen LogP contribution >= 0.6 is 11.6 Å². The van der Waals surface area contributed by atoms with E-state index in [0.717, 1.165) is 103 Å². The lowest BCUT2D eigenvalue weighted by Gasteiger charge is -2.27. The van der Waals surface area contributed by atoms with E-state index in [2.05, 4.69) is 116 Å². The molecule has 2 heterocycles. The Morgan fingerprint density at radius 2 is 1.49 bits per heavy atom. The van der Waals surface area contributed by atoms with E-state index < -0.39 is 36.3 Å². The van der Waals surface area contributed by atoms with Crippen molar-refractivity contribution in [3.63, 3.8) is 0 Å². The van der Waals surface area contributed by atoms with Gasteiger partial charge in [0.15, 0.2) is 5.71 Å². The van der Waals surface area contributed by atoms with Crippen LogP contribution in [0.3, 0.4) is 0 Å². The molecule has 0 fully saturated rings. The van der Waals surface area contributed by atoms with Crippen molar-refractivity contribution in [2.75, 3.05) is 47.5 Å². The Morgan fingerprint density at radius 1 is 0.831 bits per heavy atom. The van der Waals surface area contributed by atoms with E-state index in [0.29, 0.717) is 25.3 Å². The van der Waals surface area contributed by atoms with Crippen LogP contribution < -0.4 is 9.80 Å². The Bertz CT molecular complexity index is 2960. The summed E-state index contributed by atoms with van der Waals surface area (Å²) in [7, 11) is -11.4. The predicted molar refractivity (Wildman–Crippen MR) is 287 cm³/mol. The summed E-state index contributed by atoms with van der Waals surface area (Å²) in [5, 5.41) is 3.21. The van der Waals surface area contributed by atoms with Crippen molar-refractivity contribution in [2.24, 2.45) is 5.41 Å². The van der Waals surface area contributed by atoms with Crippen LogP contribution in [0.1, 0.15) is 137 Å². The number of ketones is 1. The highest BCUT2D eigenvalue weighted by Crippen LogP contribution is 2.50. The van der Waals surface area contributed by atoms with Gasteiger partial charge in [-0.1, -0.05) is 96.0 Å². The number of hydrogen-bond donors (Lipinski definition) is 2. The molecule has 3 aliphatic rings. The van der Waals surface area contributed by atoms with Crippen molar-refractivity contribution in [1.29, 1.82) is 0 Å². The number of fused-ring (bicyclic) bond motifs is 4. The van der Waals surface area contributed by atoms with Gasteiger partial charge in [-0.2, -0.15) is 21.4 Å². The van der Waals surface area contributed by atoms with Crippen molar-refractivity contribution in [1.82, 2.24) is 0 Å². The molecule has 0 aromatic heterocycles. The maximum absolute atomic E-state index is 12.7. The molecule has 3 aromatic carbocycles. The van der Waals surface area contributed by atoms with Crippen LogP contribution in [0, 0.1) is 5.41 Å². The third-order valence-electron chi connectivity index (χ3n) is 13.9. The second kappa shape index (κ2) is 24.1. The average molecular weight is 1060 g/mol. The highest BCUT2D eigenvalue weighted by atomic mass is 35.5. The summed E-state index contributed by atoms with van der Waals surface area (Å²) in [6, 6.07) is 19.3. The molecule has 0 spiro atoms. The molecule has 388 valence electrons. The number of unbranched alkanes of at least 4 members (excludes halogenated alkanes) is 3. The fourth-order valence-electron chi connectivity index (χ4n) is 10.1. The van der Waals surface area contributed by atoms with E-state index in [9.17, 15) is 30.7 Å². The fraction of sp³-hybridized carbons (Fsp3) is 0.519. The minimum absolute atomic E-state index is 0.223. The monoisotopic (exact) mass is 1050 g/mol.